The molecule has 0 fully saturated rings. The van der Waals surface area contributed by atoms with E-state index in [4.69, 9.17) is 25.8 Å². The minimum atomic E-state index is 0.587. The Morgan fingerprint density at radius 2 is 1.52 bits per heavy atom. The number of fused-ring (bicyclic) bond motifs is 1. The van der Waals surface area contributed by atoms with E-state index >= 15 is 0 Å². The molecule has 3 aromatic carbocycles. The van der Waals surface area contributed by atoms with Crippen LogP contribution in [0.15, 0.2) is 60.7 Å². The summed E-state index contributed by atoms with van der Waals surface area (Å²) in [6.45, 7) is 0. The van der Waals surface area contributed by atoms with Gasteiger partial charge < -0.3 is 19.2 Å². The third-order valence-electron chi connectivity index (χ3n) is 5.06. The van der Waals surface area contributed by atoms with E-state index in [1.54, 1.807) is 21.3 Å². The van der Waals surface area contributed by atoms with Crippen molar-refractivity contribution in [3.63, 3.8) is 0 Å². The number of H-pyrrole nitrogens is 1. The number of para-hydroxylation sites is 1. The van der Waals surface area contributed by atoms with Crippen LogP contribution in [0.5, 0.6) is 17.2 Å². The summed E-state index contributed by atoms with van der Waals surface area (Å²) in [5.41, 5.74) is 5.33. The first-order valence-electron chi connectivity index (χ1n) is 9.29. The summed E-state index contributed by atoms with van der Waals surface area (Å²) in [6.07, 6.45) is 0.682. The van der Waals surface area contributed by atoms with Crippen molar-refractivity contribution in [1.29, 1.82) is 0 Å². The number of hydrogen-bond donors (Lipinski definition) is 1. The van der Waals surface area contributed by atoms with Crippen LogP contribution in [0.4, 0.5) is 0 Å². The molecular weight excluding hydrogens is 386 g/mol. The quantitative estimate of drug-likeness (QED) is 0.419. The van der Waals surface area contributed by atoms with Crippen molar-refractivity contribution in [1.82, 2.24) is 4.98 Å². The van der Waals surface area contributed by atoms with Gasteiger partial charge in [0, 0.05) is 11.8 Å². The molecule has 5 heteroatoms. The zero-order valence-electron chi connectivity index (χ0n) is 16.6. The fraction of sp³-hybridized carbons (Fsp3) is 0.167. The molecule has 0 saturated carbocycles. The predicted octanol–water partition coefficient (Wildman–Crippen LogP) is 6.10. The number of benzene rings is 3. The van der Waals surface area contributed by atoms with Crippen LogP contribution in [0.25, 0.3) is 22.2 Å². The lowest BCUT2D eigenvalue weighted by Crippen LogP contribution is -1.98. The number of hydrogen-bond acceptors (Lipinski definition) is 3. The van der Waals surface area contributed by atoms with E-state index in [9.17, 15) is 0 Å². The summed E-state index contributed by atoms with van der Waals surface area (Å²) in [5.74, 6) is 1.87. The summed E-state index contributed by atoms with van der Waals surface area (Å²) in [7, 11) is 4.86. The van der Waals surface area contributed by atoms with E-state index in [0.717, 1.165) is 27.7 Å². The van der Waals surface area contributed by atoms with Gasteiger partial charge in [-0.1, -0.05) is 54.1 Å². The molecule has 4 rings (SSSR count). The fourth-order valence-electron chi connectivity index (χ4n) is 3.71. The SMILES string of the molecule is COc1cc(Cc2c(-c3ccccc3)[nH]c3c(Cl)cccc23)cc(OC)c1OC. The molecular formula is C24H22ClNO3. The second kappa shape index (κ2) is 8.10. The Balaban J connectivity index is 1.89. The normalized spacial score (nSPS) is 10.9. The maximum absolute atomic E-state index is 6.48. The molecule has 4 nitrogen and oxygen atoms in total. The Morgan fingerprint density at radius 1 is 0.828 bits per heavy atom. The summed E-state index contributed by atoms with van der Waals surface area (Å²) < 4.78 is 16.5. The first kappa shape index (κ1) is 19.2. The number of rotatable bonds is 6. The molecule has 0 saturated heterocycles. The summed E-state index contributed by atoms with van der Waals surface area (Å²) in [6, 6.07) is 20.2. The van der Waals surface area contributed by atoms with Crippen molar-refractivity contribution in [3.05, 3.63) is 76.8 Å². The largest absolute Gasteiger partial charge is 0.493 e. The maximum atomic E-state index is 6.48. The number of nitrogens with one attached hydrogen (secondary N) is 1. The first-order chi connectivity index (χ1) is 14.2. The molecule has 1 aromatic heterocycles. The van der Waals surface area contributed by atoms with Gasteiger partial charge in [0.05, 0.1) is 37.6 Å². The van der Waals surface area contributed by atoms with E-state index in [1.165, 1.54) is 5.56 Å². The van der Waals surface area contributed by atoms with Crippen molar-refractivity contribution in [2.24, 2.45) is 0 Å². The average molecular weight is 408 g/mol. The maximum Gasteiger partial charge on any atom is 0.203 e. The van der Waals surface area contributed by atoms with Gasteiger partial charge in [0.1, 0.15) is 0 Å². The third-order valence-corrected chi connectivity index (χ3v) is 5.37. The lowest BCUT2D eigenvalue weighted by atomic mass is 9.98. The average Bonchev–Trinajstić information content (AvgIpc) is 3.13. The number of aromatic amines is 1. The fourth-order valence-corrected chi connectivity index (χ4v) is 3.94. The highest BCUT2D eigenvalue weighted by Crippen LogP contribution is 2.40. The minimum Gasteiger partial charge on any atom is -0.493 e. The lowest BCUT2D eigenvalue weighted by Gasteiger charge is -2.14. The summed E-state index contributed by atoms with van der Waals surface area (Å²) >= 11 is 6.48. The summed E-state index contributed by atoms with van der Waals surface area (Å²) in [5, 5.41) is 1.81. The molecule has 0 unspecified atom stereocenters. The molecule has 0 amide bonds. The van der Waals surface area contributed by atoms with Crippen LogP contribution in [0, 0.1) is 0 Å². The summed E-state index contributed by atoms with van der Waals surface area (Å²) in [4.78, 5) is 3.53. The van der Waals surface area contributed by atoms with Gasteiger partial charge in [0.2, 0.25) is 5.75 Å². The van der Waals surface area contributed by atoms with Gasteiger partial charge in [0.15, 0.2) is 11.5 Å². The molecule has 4 aromatic rings. The van der Waals surface area contributed by atoms with Crippen LogP contribution in [0.1, 0.15) is 11.1 Å². The van der Waals surface area contributed by atoms with Crippen LogP contribution < -0.4 is 14.2 Å². The van der Waals surface area contributed by atoms with Crippen LogP contribution in [-0.4, -0.2) is 26.3 Å². The van der Waals surface area contributed by atoms with E-state index in [0.29, 0.717) is 28.7 Å². The van der Waals surface area contributed by atoms with Crippen LogP contribution in [-0.2, 0) is 6.42 Å². The van der Waals surface area contributed by atoms with Crippen molar-refractivity contribution >= 4 is 22.5 Å². The smallest absolute Gasteiger partial charge is 0.203 e. The minimum absolute atomic E-state index is 0.587. The number of ether oxygens (including phenoxy) is 3. The Hall–Kier alpha value is -3.11. The second-order valence-electron chi connectivity index (χ2n) is 6.72. The molecule has 148 valence electrons. The topological polar surface area (TPSA) is 43.5 Å². The predicted molar refractivity (Wildman–Crippen MR) is 118 cm³/mol. The molecule has 0 radical (unpaired) electrons. The van der Waals surface area contributed by atoms with E-state index in [1.807, 2.05) is 42.5 Å². The van der Waals surface area contributed by atoms with E-state index in [2.05, 4.69) is 23.2 Å². The molecule has 0 aliphatic heterocycles. The highest BCUT2D eigenvalue weighted by Gasteiger charge is 2.18. The van der Waals surface area contributed by atoms with Crippen molar-refractivity contribution < 1.29 is 14.2 Å². The molecule has 0 aliphatic rings. The lowest BCUT2D eigenvalue weighted by molar-refractivity contribution is 0.324. The monoisotopic (exact) mass is 407 g/mol. The second-order valence-corrected chi connectivity index (χ2v) is 7.12. The van der Waals surface area contributed by atoms with Crippen LogP contribution in [0.3, 0.4) is 0 Å². The van der Waals surface area contributed by atoms with Crippen molar-refractivity contribution in [2.45, 2.75) is 6.42 Å². The molecule has 1 N–H and O–H groups in total. The third kappa shape index (κ3) is 3.52. The van der Waals surface area contributed by atoms with E-state index < -0.39 is 0 Å². The van der Waals surface area contributed by atoms with Gasteiger partial charge in [-0.2, -0.15) is 0 Å². The zero-order valence-corrected chi connectivity index (χ0v) is 17.3. The Labute approximate surface area is 175 Å². The van der Waals surface area contributed by atoms with Gasteiger partial charge >= 0.3 is 0 Å². The van der Waals surface area contributed by atoms with Crippen molar-refractivity contribution in [2.75, 3.05) is 21.3 Å². The van der Waals surface area contributed by atoms with Gasteiger partial charge in [-0.3, -0.25) is 0 Å². The van der Waals surface area contributed by atoms with E-state index in [-0.39, 0.29) is 0 Å². The van der Waals surface area contributed by atoms with Gasteiger partial charge in [-0.05, 0) is 34.9 Å². The highest BCUT2D eigenvalue weighted by molar-refractivity contribution is 6.35. The van der Waals surface area contributed by atoms with Gasteiger partial charge in [-0.25, -0.2) is 0 Å². The van der Waals surface area contributed by atoms with Gasteiger partial charge in [-0.15, -0.1) is 0 Å². The molecule has 29 heavy (non-hydrogen) atoms. The number of aromatic nitrogens is 1. The number of halogens is 1. The molecule has 0 aliphatic carbocycles. The zero-order chi connectivity index (χ0) is 20.4. The first-order valence-corrected chi connectivity index (χ1v) is 9.67. The standard InChI is InChI=1S/C24H22ClNO3/c1-27-20-13-15(14-21(28-2)24(20)29-3)12-18-17-10-7-11-19(25)23(17)26-22(18)16-8-5-4-6-9-16/h4-11,13-14,26H,12H2,1-3H3. The number of methoxy groups -OCH3 is 3. The Morgan fingerprint density at radius 3 is 2.14 bits per heavy atom. The Bertz CT molecular complexity index is 1130. The highest BCUT2D eigenvalue weighted by atomic mass is 35.5. The van der Waals surface area contributed by atoms with Crippen LogP contribution in [0.2, 0.25) is 5.02 Å². The van der Waals surface area contributed by atoms with Gasteiger partial charge in [0.25, 0.3) is 0 Å². The molecule has 0 atom stereocenters. The van der Waals surface area contributed by atoms with Crippen molar-refractivity contribution in [3.8, 4) is 28.5 Å². The molecule has 1 heterocycles. The Kier molecular flexibility index (Phi) is 5.36. The molecule has 0 bridgehead atoms. The van der Waals surface area contributed by atoms with Crippen LogP contribution >= 0.6 is 11.6 Å². The molecule has 0 spiro atoms.